The van der Waals surface area contributed by atoms with Crippen molar-refractivity contribution in [1.29, 1.82) is 0 Å². The molecule has 0 radical (unpaired) electrons. The minimum Gasteiger partial charge on any atom is -0.477 e. The van der Waals surface area contributed by atoms with E-state index in [1.807, 2.05) is 0 Å². The monoisotopic (exact) mass is 307 g/mol. The average molecular weight is 307 g/mol. The van der Waals surface area contributed by atoms with Crippen LogP contribution in [0, 0.1) is 0 Å². The van der Waals surface area contributed by atoms with Crippen molar-refractivity contribution < 1.29 is 28.2 Å². The van der Waals surface area contributed by atoms with E-state index in [1.54, 1.807) is 0 Å². The maximum absolute atomic E-state index is 12.0. The van der Waals surface area contributed by atoms with Crippen LogP contribution in [0.2, 0.25) is 0 Å². The molecule has 0 spiro atoms. The second kappa shape index (κ2) is 5.17. The fourth-order valence-electron chi connectivity index (χ4n) is 1.71. The van der Waals surface area contributed by atoms with Gasteiger partial charge in [-0.05, 0) is 11.4 Å². The SMILES string of the molecule is O=C(O)c1sccc1S(=O)(=O)NCC1(O)CCOC1. The van der Waals surface area contributed by atoms with Crippen LogP contribution < -0.4 is 4.72 Å². The summed E-state index contributed by atoms with van der Waals surface area (Å²) >= 11 is 0.836. The van der Waals surface area contributed by atoms with E-state index in [2.05, 4.69) is 4.72 Å². The lowest BCUT2D eigenvalue weighted by Crippen LogP contribution is -2.43. The zero-order chi connectivity index (χ0) is 14.1. The fraction of sp³-hybridized carbons (Fsp3) is 0.500. The second-order valence-corrected chi connectivity index (χ2v) is 6.92. The van der Waals surface area contributed by atoms with Gasteiger partial charge in [-0.25, -0.2) is 17.9 Å². The molecule has 9 heteroatoms. The van der Waals surface area contributed by atoms with E-state index in [-0.39, 0.29) is 22.9 Å². The Morgan fingerprint density at radius 1 is 1.58 bits per heavy atom. The van der Waals surface area contributed by atoms with Crippen LogP contribution in [0.4, 0.5) is 0 Å². The second-order valence-electron chi connectivity index (χ2n) is 4.27. The van der Waals surface area contributed by atoms with Crippen molar-refractivity contribution in [2.24, 2.45) is 0 Å². The number of carboxylic acids is 1. The Balaban J connectivity index is 2.14. The van der Waals surface area contributed by atoms with Crippen molar-refractivity contribution in [2.45, 2.75) is 16.9 Å². The van der Waals surface area contributed by atoms with E-state index in [0.717, 1.165) is 11.3 Å². The number of aromatic carboxylic acids is 1. The van der Waals surface area contributed by atoms with E-state index >= 15 is 0 Å². The molecular weight excluding hydrogens is 294 g/mol. The van der Waals surface area contributed by atoms with E-state index in [1.165, 1.54) is 11.4 Å². The third-order valence-electron chi connectivity index (χ3n) is 2.79. The number of carbonyl (C=O) groups is 1. The highest BCUT2D eigenvalue weighted by Crippen LogP contribution is 2.23. The average Bonchev–Trinajstić information content (AvgIpc) is 2.96. The number of thiophene rings is 1. The van der Waals surface area contributed by atoms with Gasteiger partial charge < -0.3 is 14.9 Å². The van der Waals surface area contributed by atoms with Crippen LogP contribution in [0.15, 0.2) is 16.3 Å². The Kier molecular flexibility index (Phi) is 3.92. The Hall–Kier alpha value is -1.00. The number of nitrogens with one attached hydrogen (secondary N) is 1. The summed E-state index contributed by atoms with van der Waals surface area (Å²) < 4.78 is 31.2. The zero-order valence-electron chi connectivity index (χ0n) is 9.83. The van der Waals surface area contributed by atoms with Crippen LogP contribution in [0.1, 0.15) is 16.1 Å². The van der Waals surface area contributed by atoms with Crippen molar-refractivity contribution in [1.82, 2.24) is 4.72 Å². The quantitative estimate of drug-likeness (QED) is 0.699. The Morgan fingerprint density at radius 2 is 2.32 bits per heavy atom. The predicted octanol–water partition coefficient (Wildman–Crippen LogP) is -0.124. The van der Waals surface area contributed by atoms with Crippen LogP contribution in [0.3, 0.4) is 0 Å². The van der Waals surface area contributed by atoms with Crippen molar-refractivity contribution in [3.05, 3.63) is 16.3 Å². The van der Waals surface area contributed by atoms with E-state index in [9.17, 15) is 18.3 Å². The number of ether oxygens (including phenoxy) is 1. The van der Waals surface area contributed by atoms with Gasteiger partial charge in [0.1, 0.15) is 15.4 Å². The summed E-state index contributed by atoms with van der Waals surface area (Å²) in [5.41, 5.74) is -1.23. The third-order valence-corrected chi connectivity index (χ3v) is 5.26. The lowest BCUT2D eigenvalue weighted by Gasteiger charge is -2.20. The highest BCUT2D eigenvalue weighted by molar-refractivity contribution is 7.89. The predicted molar refractivity (Wildman–Crippen MR) is 66.9 cm³/mol. The number of rotatable bonds is 5. The molecule has 1 aliphatic heterocycles. The van der Waals surface area contributed by atoms with Crippen molar-refractivity contribution in [2.75, 3.05) is 19.8 Å². The van der Waals surface area contributed by atoms with E-state index < -0.39 is 21.6 Å². The van der Waals surface area contributed by atoms with Crippen molar-refractivity contribution in [3.63, 3.8) is 0 Å². The molecule has 2 rings (SSSR count). The van der Waals surface area contributed by atoms with Gasteiger partial charge in [0.15, 0.2) is 0 Å². The molecule has 1 unspecified atom stereocenters. The molecule has 0 amide bonds. The zero-order valence-corrected chi connectivity index (χ0v) is 11.5. The number of hydrogen-bond acceptors (Lipinski definition) is 6. The summed E-state index contributed by atoms with van der Waals surface area (Å²) in [7, 11) is -3.95. The highest BCUT2D eigenvalue weighted by Gasteiger charge is 2.34. The molecule has 19 heavy (non-hydrogen) atoms. The summed E-state index contributed by atoms with van der Waals surface area (Å²) in [5, 5.41) is 20.3. The lowest BCUT2D eigenvalue weighted by atomic mass is 10.1. The van der Waals surface area contributed by atoms with Crippen LogP contribution in [-0.4, -0.2) is 50.0 Å². The lowest BCUT2D eigenvalue weighted by molar-refractivity contribution is 0.0314. The smallest absolute Gasteiger partial charge is 0.347 e. The van der Waals surface area contributed by atoms with Gasteiger partial charge in [0.05, 0.1) is 6.61 Å². The number of hydrogen-bond donors (Lipinski definition) is 3. The minimum absolute atomic E-state index is 0.0605. The number of carboxylic acid groups (broad SMARTS) is 1. The summed E-state index contributed by atoms with van der Waals surface area (Å²) in [6, 6.07) is 1.23. The van der Waals surface area contributed by atoms with Gasteiger partial charge in [0.2, 0.25) is 10.0 Å². The fourth-order valence-corrected chi connectivity index (χ4v) is 4.09. The molecule has 1 atom stereocenters. The summed E-state index contributed by atoms with van der Waals surface area (Å²) in [4.78, 5) is 10.4. The Bertz CT molecular complexity index is 573. The standard InChI is InChI=1S/C10H13NO6S2/c12-9(13)8-7(1-4-18-8)19(15,16)11-5-10(14)2-3-17-6-10/h1,4,11,14H,2-3,5-6H2,(H,12,13). The van der Waals surface area contributed by atoms with Gasteiger partial charge >= 0.3 is 5.97 Å². The normalized spacial score (nSPS) is 23.6. The molecule has 1 aromatic rings. The van der Waals surface area contributed by atoms with Crippen LogP contribution in [-0.2, 0) is 14.8 Å². The van der Waals surface area contributed by atoms with Crippen molar-refractivity contribution in [3.8, 4) is 0 Å². The number of aliphatic hydroxyl groups is 1. The molecule has 2 heterocycles. The molecular formula is C10H13NO6S2. The number of sulfonamides is 1. The molecule has 1 aliphatic rings. The molecule has 1 saturated heterocycles. The van der Waals surface area contributed by atoms with Crippen LogP contribution in [0.5, 0.6) is 0 Å². The van der Waals surface area contributed by atoms with Gasteiger partial charge in [-0.1, -0.05) is 0 Å². The summed E-state index contributed by atoms with van der Waals surface area (Å²) in [6.07, 6.45) is 0.338. The first-order valence-electron chi connectivity index (χ1n) is 5.45. The molecule has 3 N–H and O–H groups in total. The summed E-state index contributed by atoms with van der Waals surface area (Å²) in [6.45, 7) is 0.228. The topological polar surface area (TPSA) is 113 Å². The van der Waals surface area contributed by atoms with Gasteiger partial charge in [0, 0.05) is 19.6 Å². The highest BCUT2D eigenvalue weighted by atomic mass is 32.2. The van der Waals surface area contributed by atoms with Gasteiger partial charge in [-0.3, -0.25) is 0 Å². The first kappa shape index (κ1) is 14.4. The summed E-state index contributed by atoms with van der Waals surface area (Å²) in [5.74, 6) is -1.29. The molecule has 0 bridgehead atoms. The van der Waals surface area contributed by atoms with Gasteiger partial charge in [-0.2, -0.15) is 0 Å². The Morgan fingerprint density at radius 3 is 2.89 bits per heavy atom. The molecule has 1 aromatic heterocycles. The molecule has 0 saturated carbocycles. The largest absolute Gasteiger partial charge is 0.477 e. The van der Waals surface area contributed by atoms with Gasteiger partial charge in [-0.15, -0.1) is 11.3 Å². The molecule has 7 nitrogen and oxygen atoms in total. The molecule has 0 aliphatic carbocycles. The van der Waals surface area contributed by atoms with Crippen LogP contribution in [0.25, 0.3) is 0 Å². The van der Waals surface area contributed by atoms with Crippen LogP contribution >= 0.6 is 11.3 Å². The third kappa shape index (κ3) is 3.12. The maximum Gasteiger partial charge on any atom is 0.347 e. The maximum atomic E-state index is 12.0. The first-order chi connectivity index (χ1) is 8.84. The van der Waals surface area contributed by atoms with Gasteiger partial charge in [0.25, 0.3) is 0 Å². The minimum atomic E-state index is -3.95. The van der Waals surface area contributed by atoms with E-state index in [4.69, 9.17) is 9.84 Å². The molecule has 106 valence electrons. The Labute approximate surface area is 113 Å². The molecule has 1 fully saturated rings. The van der Waals surface area contributed by atoms with Crippen molar-refractivity contribution >= 4 is 27.3 Å². The van der Waals surface area contributed by atoms with E-state index in [0.29, 0.717) is 13.0 Å². The first-order valence-corrected chi connectivity index (χ1v) is 7.81. The molecule has 0 aromatic carbocycles.